The summed E-state index contributed by atoms with van der Waals surface area (Å²) in [6.07, 6.45) is 6.27. The summed E-state index contributed by atoms with van der Waals surface area (Å²) in [4.78, 5) is 18.7. The lowest BCUT2D eigenvalue weighted by molar-refractivity contribution is 0.318. The number of hydrogen-bond donors (Lipinski definition) is 0. The second-order valence-electron chi connectivity index (χ2n) is 7.94. The van der Waals surface area contributed by atoms with Crippen LogP contribution in [0.4, 0.5) is 5.69 Å². The predicted octanol–water partition coefficient (Wildman–Crippen LogP) is 4.50. The molecule has 0 N–H and O–H groups in total. The van der Waals surface area contributed by atoms with Gasteiger partial charge in [-0.05, 0) is 61.3 Å². The van der Waals surface area contributed by atoms with Crippen LogP contribution in [-0.4, -0.2) is 38.9 Å². The van der Waals surface area contributed by atoms with E-state index in [9.17, 15) is 4.79 Å². The van der Waals surface area contributed by atoms with E-state index in [1.807, 2.05) is 42.6 Å². The van der Waals surface area contributed by atoms with Gasteiger partial charge in [-0.25, -0.2) is 4.85 Å². The smallest absolute Gasteiger partial charge is 0.255 e. The molecule has 0 unspecified atom stereocenters. The van der Waals surface area contributed by atoms with Crippen LogP contribution in [0.5, 0.6) is 0 Å². The van der Waals surface area contributed by atoms with E-state index < -0.39 is 0 Å². The summed E-state index contributed by atoms with van der Waals surface area (Å²) < 4.78 is 3.70. The van der Waals surface area contributed by atoms with Crippen molar-refractivity contribution in [3.63, 3.8) is 0 Å². The third kappa shape index (κ3) is 3.88. The Bertz CT molecular complexity index is 1320. The molecule has 0 spiro atoms. The molecule has 0 atom stereocenters. The Morgan fingerprint density at radius 3 is 2.48 bits per heavy atom. The normalized spacial score (nSPS) is 14.2. The van der Waals surface area contributed by atoms with E-state index in [2.05, 4.69) is 19.5 Å². The Kier molecular flexibility index (Phi) is 5.11. The Labute approximate surface area is 180 Å². The van der Waals surface area contributed by atoms with E-state index in [1.165, 1.54) is 25.9 Å². The van der Waals surface area contributed by atoms with Crippen molar-refractivity contribution >= 4 is 16.6 Å². The predicted molar refractivity (Wildman–Crippen MR) is 123 cm³/mol. The van der Waals surface area contributed by atoms with Crippen molar-refractivity contribution in [2.45, 2.75) is 19.4 Å². The molecule has 0 radical (unpaired) electrons. The first-order valence-electron chi connectivity index (χ1n) is 10.6. The minimum atomic E-state index is -0.0902. The largest absolute Gasteiger partial charge is 0.301 e. The second kappa shape index (κ2) is 8.21. The molecule has 2 aromatic carbocycles. The zero-order valence-corrected chi connectivity index (χ0v) is 17.2. The van der Waals surface area contributed by atoms with Crippen LogP contribution in [0, 0.1) is 6.57 Å². The Hall–Kier alpha value is -3.69. The molecule has 154 valence electrons. The summed E-state index contributed by atoms with van der Waals surface area (Å²) in [5.74, 6) is 0. The summed E-state index contributed by atoms with van der Waals surface area (Å²) in [5.41, 5.74) is 4.18. The van der Waals surface area contributed by atoms with Gasteiger partial charge in [0.1, 0.15) is 0 Å². The van der Waals surface area contributed by atoms with E-state index in [1.54, 1.807) is 29.0 Å². The van der Waals surface area contributed by atoms with E-state index in [0.29, 0.717) is 5.69 Å². The number of pyridine rings is 1. The summed E-state index contributed by atoms with van der Waals surface area (Å²) in [6.45, 7) is 11.3. The second-order valence-corrected chi connectivity index (χ2v) is 7.94. The zero-order valence-electron chi connectivity index (χ0n) is 17.2. The molecule has 6 heteroatoms. The molecule has 4 aromatic rings. The maximum absolute atomic E-state index is 12.8. The first-order chi connectivity index (χ1) is 15.2. The van der Waals surface area contributed by atoms with Gasteiger partial charge in [0.2, 0.25) is 0 Å². The van der Waals surface area contributed by atoms with E-state index in [0.717, 1.165) is 40.8 Å². The Morgan fingerprint density at radius 1 is 0.935 bits per heavy atom. The van der Waals surface area contributed by atoms with Gasteiger partial charge in [-0.2, -0.15) is 5.10 Å². The highest BCUT2D eigenvalue weighted by molar-refractivity contribution is 5.81. The third-order valence-electron chi connectivity index (χ3n) is 5.98. The lowest BCUT2D eigenvalue weighted by atomic mass is 10.1. The Morgan fingerprint density at radius 2 is 1.74 bits per heavy atom. The van der Waals surface area contributed by atoms with E-state index in [4.69, 9.17) is 6.57 Å². The number of likely N-dealkylation sites (tertiary alicyclic amines) is 1. The fraction of sp³-hybridized carbons (Fsp3) is 0.240. The number of rotatable bonds is 5. The van der Waals surface area contributed by atoms with Gasteiger partial charge in [0.15, 0.2) is 5.69 Å². The summed E-state index contributed by atoms with van der Waals surface area (Å²) in [6, 6.07) is 16.9. The van der Waals surface area contributed by atoms with Crippen LogP contribution in [-0.2, 0) is 6.54 Å². The first-order valence-corrected chi connectivity index (χ1v) is 10.6. The number of nitrogens with zero attached hydrogens (tertiary/aromatic N) is 5. The molecule has 5 rings (SSSR count). The topological polar surface area (TPSA) is 47.4 Å². The number of benzene rings is 2. The molecule has 6 nitrogen and oxygen atoms in total. The van der Waals surface area contributed by atoms with Crippen LogP contribution >= 0.6 is 0 Å². The molecule has 0 saturated carbocycles. The van der Waals surface area contributed by atoms with Crippen molar-refractivity contribution in [3.05, 3.63) is 88.8 Å². The fourth-order valence-electron chi connectivity index (χ4n) is 4.25. The summed E-state index contributed by atoms with van der Waals surface area (Å²) in [5, 5.41) is 5.60. The van der Waals surface area contributed by atoms with Crippen molar-refractivity contribution in [3.8, 4) is 16.8 Å². The molecule has 31 heavy (non-hydrogen) atoms. The summed E-state index contributed by atoms with van der Waals surface area (Å²) >= 11 is 0. The molecule has 0 aliphatic carbocycles. The lowest BCUT2D eigenvalue weighted by Crippen LogP contribution is -2.24. The molecule has 2 aromatic heterocycles. The Balaban J connectivity index is 1.39. The zero-order chi connectivity index (χ0) is 21.2. The van der Waals surface area contributed by atoms with Crippen LogP contribution in [0.1, 0.15) is 12.8 Å². The van der Waals surface area contributed by atoms with Crippen molar-refractivity contribution in [1.29, 1.82) is 0 Å². The minimum Gasteiger partial charge on any atom is -0.301 e. The third-order valence-corrected chi connectivity index (χ3v) is 5.98. The quantitative estimate of drug-likeness (QED) is 0.456. The maximum atomic E-state index is 12.8. The monoisotopic (exact) mass is 409 g/mol. The standard InChI is InChI=1S/C25H23N5O/c1-26-22-6-4-19(5-7-22)20-10-13-29(25(31)17-20)23-8-9-24-21(16-23)18-27-30(24)15-14-28-11-2-3-12-28/h4-10,13,16-18H,2-3,11-12,14-15H2. The number of fused-ring (bicyclic) bond motifs is 1. The number of aromatic nitrogens is 3. The fourth-order valence-corrected chi connectivity index (χ4v) is 4.25. The highest BCUT2D eigenvalue weighted by Crippen LogP contribution is 2.23. The van der Waals surface area contributed by atoms with Gasteiger partial charge in [-0.3, -0.25) is 14.0 Å². The van der Waals surface area contributed by atoms with E-state index >= 15 is 0 Å². The van der Waals surface area contributed by atoms with Crippen molar-refractivity contribution in [2.75, 3.05) is 19.6 Å². The molecule has 1 aliphatic rings. The van der Waals surface area contributed by atoms with Crippen LogP contribution in [0.3, 0.4) is 0 Å². The molecular formula is C25H23N5O. The van der Waals surface area contributed by atoms with Gasteiger partial charge >= 0.3 is 0 Å². The molecule has 1 saturated heterocycles. The van der Waals surface area contributed by atoms with Crippen molar-refractivity contribution in [2.24, 2.45) is 0 Å². The van der Waals surface area contributed by atoms with Crippen molar-refractivity contribution < 1.29 is 0 Å². The highest BCUT2D eigenvalue weighted by Gasteiger charge is 2.12. The van der Waals surface area contributed by atoms with Gasteiger partial charge in [0.25, 0.3) is 5.56 Å². The number of hydrogen-bond acceptors (Lipinski definition) is 3. The minimum absolute atomic E-state index is 0.0902. The van der Waals surface area contributed by atoms with Gasteiger partial charge in [-0.1, -0.05) is 24.3 Å². The SMILES string of the molecule is [C-]#[N+]c1ccc(-c2ccn(-c3ccc4c(cnn4CCN4CCCC4)c3)c(=O)c2)cc1. The van der Waals surface area contributed by atoms with Gasteiger partial charge in [0, 0.05) is 29.9 Å². The van der Waals surface area contributed by atoms with Gasteiger partial charge in [0.05, 0.1) is 24.8 Å². The highest BCUT2D eigenvalue weighted by atomic mass is 16.1. The van der Waals surface area contributed by atoms with Gasteiger partial charge < -0.3 is 4.90 Å². The van der Waals surface area contributed by atoms with Crippen LogP contribution in [0.25, 0.3) is 32.6 Å². The van der Waals surface area contributed by atoms with Crippen LogP contribution in [0.2, 0.25) is 0 Å². The van der Waals surface area contributed by atoms with Gasteiger partial charge in [-0.15, -0.1) is 0 Å². The van der Waals surface area contributed by atoms with E-state index in [-0.39, 0.29) is 5.56 Å². The molecule has 1 aliphatic heterocycles. The summed E-state index contributed by atoms with van der Waals surface area (Å²) in [7, 11) is 0. The molecule has 3 heterocycles. The average Bonchev–Trinajstić information content (AvgIpc) is 3.47. The van der Waals surface area contributed by atoms with Crippen LogP contribution in [0.15, 0.2) is 71.8 Å². The lowest BCUT2D eigenvalue weighted by Gasteiger charge is -2.14. The van der Waals surface area contributed by atoms with Crippen LogP contribution < -0.4 is 5.56 Å². The molecule has 0 bridgehead atoms. The maximum Gasteiger partial charge on any atom is 0.255 e. The molecule has 0 amide bonds. The van der Waals surface area contributed by atoms with Crippen molar-refractivity contribution in [1.82, 2.24) is 19.2 Å². The first kappa shape index (κ1) is 19.3. The average molecular weight is 409 g/mol. The molecule has 1 fully saturated rings. The molecular weight excluding hydrogens is 386 g/mol.